The molecule has 2 N–H and O–H groups in total. The van der Waals surface area contributed by atoms with Crippen LogP contribution in [0.2, 0.25) is 0 Å². The van der Waals surface area contributed by atoms with Crippen LogP contribution in [0.1, 0.15) is 53.6 Å². The van der Waals surface area contributed by atoms with Gasteiger partial charge in [0.2, 0.25) is 0 Å². The molecule has 0 bridgehead atoms. The highest BCUT2D eigenvalue weighted by Gasteiger charge is 2.27. The van der Waals surface area contributed by atoms with E-state index in [4.69, 9.17) is 0 Å². The first-order valence-corrected chi connectivity index (χ1v) is 13.2. The van der Waals surface area contributed by atoms with Crippen LogP contribution in [0.25, 0.3) is 0 Å². The molecule has 0 aromatic heterocycles. The Balaban J connectivity index is 1.50. The monoisotopic (exact) mass is 471 g/mol. The average Bonchev–Trinajstić information content (AvgIpc) is 2.81. The van der Waals surface area contributed by atoms with E-state index in [1.54, 1.807) is 30.3 Å². The lowest BCUT2D eigenvalue weighted by atomic mass is 9.94. The lowest BCUT2D eigenvalue weighted by Crippen LogP contribution is -2.51. The van der Waals surface area contributed by atoms with Crippen molar-refractivity contribution in [1.29, 1.82) is 0 Å². The molecule has 33 heavy (non-hydrogen) atoms. The second-order valence-corrected chi connectivity index (χ2v) is 10.9. The van der Waals surface area contributed by atoms with E-state index in [1.807, 2.05) is 13.8 Å². The Morgan fingerprint density at radius 3 is 2.27 bits per heavy atom. The quantitative estimate of drug-likeness (QED) is 0.654. The molecule has 0 amide bonds. The summed E-state index contributed by atoms with van der Waals surface area (Å²) < 4.78 is 28.2. The highest BCUT2D eigenvalue weighted by Crippen LogP contribution is 2.29. The zero-order valence-corrected chi connectivity index (χ0v) is 20.2. The molecular weight excluding hydrogens is 438 g/mol. The number of aromatic carboxylic acids is 1. The fourth-order valence-corrected chi connectivity index (χ4v) is 6.05. The third kappa shape index (κ3) is 5.33. The molecule has 1 aliphatic heterocycles. The molecule has 1 saturated heterocycles. The lowest BCUT2D eigenvalue weighted by molar-refractivity contribution is 0.0697. The number of benzene rings is 2. The van der Waals surface area contributed by atoms with Gasteiger partial charge in [-0.15, -0.1) is 0 Å². The highest BCUT2D eigenvalue weighted by molar-refractivity contribution is 7.92. The van der Waals surface area contributed by atoms with Crippen molar-refractivity contribution in [3.63, 3.8) is 0 Å². The Bertz CT molecular complexity index is 1120. The van der Waals surface area contributed by atoms with Crippen LogP contribution < -0.4 is 9.62 Å². The molecule has 4 rings (SSSR count). The smallest absolute Gasteiger partial charge is 0.337 e. The molecule has 0 spiro atoms. The van der Waals surface area contributed by atoms with Crippen molar-refractivity contribution in [2.45, 2.75) is 56.9 Å². The molecular formula is C25H33N3O4S. The standard InChI is InChI=1S/C25H33N3O4S/c1-18-8-10-22(16-19(18)2)33(31,32)26-20-9-11-24(23(17-20)25(29)30)28-14-12-27(13-15-28)21-6-4-3-5-7-21/h8-11,16-17,21,26H,3-7,12-15H2,1-2H3,(H,29,30). The number of carbonyl (C=O) groups is 1. The zero-order chi connectivity index (χ0) is 23.6. The van der Waals surface area contributed by atoms with E-state index in [1.165, 1.54) is 38.2 Å². The average molecular weight is 472 g/mol. The minimum absolute atomic E-state index is 0.112. The Labute approximate surface area is 196 Å². The predicted octanol–water partition coefficient (Wildman–Crippen LogP) is 4.26. The van der Waals surface area contributed by atoms with E-state index in [2.05, 4.69) is 14.5 Å². The van der Waals surface area contributed by atoms with Crippen molar-refractivity contribution in [2.75, 3.05) is 35.8 Å². The van der Waals surface area contributed by atoms with Crippen LogP contribution in [0.3, 0.4) is 0 Å². The summed E-state index contributed by atoms with van der Waals surface area (Å²) in [6.07, 6.45) is 6.45. The first-order valence-electron chi connectivity index (χ1n) is 11.7. The third-order valence-corrected chi connectivity index (χ3v) is 8.39. The van der Waals surface area contributed by atoms with Gasteiger partial charge in [0.05, 0.1) is 16.1 Å². The second kappa shape index (κ2) is 9.73. The van der Waals surface area contributed by atoms with Gasteiger partial charge < -0.3 is 10.0 Å². The summed E-state index contributed by atoms with van der Waals surface area (Å²) >= 11 is 0. The van der Waals surface area contributed by atoms with E-state index in [-0.39, 0.29) is 16.1 Å². The first-order chi connectivity index (χ1) is 15.7. The van der Waals surface area contributed by atoms with E-state index in [9.17, 15) is 18.3 Å². The van der Waals surface area contributed by atoms with E-state index >= 15 is 0 Å². The maximum atomic E-state index is 12.8. The van der Waals surface area contributed by atoms with E-state index in [0.29, 0.717) is 11.7 Å². The minimum atomic E-state index is -3.82. The summed E-state index contributed by atoms with van der Waals surface area (Å²) in [6.45, 7) is 7.16. The molecule has 2 aliphatic rings. The first kappa shape index (κ1) is 23.6. The fourth-order valence-electron chi connectivity index (χ4n) is 4.92. The van der Waals surface area contributed by atoms with Gasteiger partial charge in [-0.1, -0.05) is 25.3 Å². The van der Waals surface area contributed by atoms with Crippen LogP contribution in [-0.4, -0.2) is 56.6 Å². The molecule has 7 nitrogen and oxygen atoms in total. The topological polar surface area (TPSA) is 90.0 Å². The van der Waals surface area contributed by atoms with E-state index < -0.39 is 16.0 Å². The van der Waals surface area contributed by atoms with Gasteiger partial charge in [0.25, 0.3) is 10.0 Å². The molecule has 1 aliphatic carbocycles. The van der Waals surface area contributed by atoms with Crippen molar-refractivity contribution in [3.8, 4) is 0 Å². The number of nitrogens with zero attached hydrogens (tertiary/aromatic N) is 2. The summed E-state index contributed by atoms with van der Waals surface area (Å²) in [5.74, 6) is -1.06. The SMILES string of the molecule is Cc1ccc(S(=O)(=O)Nc2ccc(N3CCN(C4CCCCC4)CC3)c(C(=O)O)c2)cc1C. The molecule has 1 saturated carbocycles. The van der Waals surface area contributed by atoms with Crippen LogP contribution in [-0.2, 0) is 10.0 Å². The van der Waals surface area contributed by atoms with Crippen LogP contribution in [0, 0.1) is 13.8 Å². The number of hydrogen-bond donors (Lipinski definition) is 2. The van der Waals surface area contributed by atoms with Gasteiger partial charge in [0.15, 0.2) is 0 Å². The van der Waals surface area contributed by atoms with Gasteiger partial charge in [0.1, 0.15) is 0 Å². The number of rotatable bonds is 6. The molecule has 0 radical (unpaired) electrons. The van der Waals surface area contributed by atoms with Crippen molar-refractivity contribution in [1.82, 2.24) is 4.90 Å². The Hall–Kier alpha value is -2.58. The highest BCUT2D eigenvalue weighted by atomic mass is 32.2. The van der Waals surface area contributed by atoms with Gasteiger partial charge in [-0.2, -0.15) is 0 Å². The molecule has 1 heterocycles. The number of aryl methyl sites for hydroxylation is 2. The van der Waals surface area contributed by atoms with Crippen molar-refractivity contribution >= 4 is 27.4 Å². The number of anilines is 2. The predicted molar refractivity (Wildman–Crippen MR) is 131 cm³/mol. The van der Waals surface area contributed by atoms with Crippen LogP contribution in [0.4, 0.5) is 11.4 Å². The van der Waals surface area contributed by atoms with Crippen LogP contribution >= 0.6 is 0 Å². The molecule has 2 aromatic rings. The molecule has 2 aromatic carbocycles. The normalized spacial score (nSPS) is 18.3. The Morgan fingerprint density at radius 1 is 0.939 bits per heavy atom. The van der Waals surface area contributed by atoms with Crippen LogP contribution in [0.5, 0.6) is 0 Å². The second-order valence-electron chi connectivity index (χ2n) is 9.20. The summed E-state index contributed by atoms with van der Waals surface area (Å²) in [4.78, 5) is 16.8. The summed E-state index contributed by atoms with van der Waals surface area (Å²) in [5.41, 5.74) is 2.89. The van der Waals surface area contributed by atoms with Crippen molar-refractivity contribution in [2.24, 2.45) is 0 Å². The van der Waals surface area contributed by atoms with Crippen molar-refractivity contribution in [3.05, 3.63) is 53.1 Å². The van der Waals surface area contributed by atoms with Gasteiger partial charge in [-0.25, -0.2) is 13.2 Å². The summed E-state index contributed by atoms with van der Waals surface area (Å²) in [5, 5.41) is 9.84. The summed E-state index contributed by atoms with van der Waals surface area (Å²) in [6, 6.07) is 10.4. The molecule has 2 fully saturated rings. The number of nitrogens with one attached hydrogen (secondary N) is 1. The van der Waals surface area contributed by atoms with Crippen molar-refractivity contribution < 1.29 is 18.3 Å². The number of hydrogen-bond acceptors (Lipinski definition) is 5. The van der Waals surface area contributed by atoms with Gasteiger partial charge in [-0.3, -0.25) is 9.62 Å². The number of carboxylic acid groups (broad SMARTS) is 1. The summed E-state index contributed by atoms with van der Waals surface area (Å²) in [7, 11) is -3.82. The minimum Gasteiger partial charge on any atom is -0.478 e. The third-order valence-electron chi connectivity index (χ3n) is 7.01. The van der Waals surface area contributed by atoms with Crippen LogP contribution in [0.15, 0.2) is 41.3 Å². The fraction of sp³-hybridized carbons (Fsp3) is 0.480. The molecule has 0 atom stereocenters. The molecule has 178 valence electrons. The maximum Gasteiger partial charge on any atom is 0.337 e. The zero-order valence-electron chi connectivity index (χ0n) is 19.4. The molecule has 8 heteroatoms. The largest absolute Gasteiger partial charge is 0.478 e. The molecule has 0 unspecified atom stereocenters. The Kier molecular flexibility index (Phi) is 6.95. The van der Waals surface area contributed by atoms with Gasteiger partial charge in [-0.05, 0) is 68.1 Å². The van der Waals surface area contributed by atoms with Gasteiger partial charge >= 0.3 is 5.97 Å². The van der Waals surface area contributed by atoms with E-state index in [0.717, 1.165) is 37.3 Å². The number of carboxylic acids is 1. The lowest BCUT2D eigenvalue weighted by Gasteiger charge is -2.41. The number of sulfonamides is 1. The Morgan fingerprint density at radius 2 is 1.64 bits per heavy atom. The number of piperazine rings is 1. The van der Waals surface area contributed by atoms with Gasteiger partial charge in [0, 0.05) is 37.9 Å². The maximum absolute atomic E-state index is 12.8.